The van der Waals surface area contributed by atoms with Crippen molar-refractivity contribution in [2.45, 2.75) is 13.1 Å². The molecule has 2 aromatic carbocycles. The molecule has 7 heteroatoms. The first kappa shape index (κ1) is 17.5. The number of pyridine rings is 1. The molecule has 0 radical (unpaired) electrons. The predicted molar refractivity (Wildman–Crippen MR) is 102 cm³/mol. The lowest BCUT2D eigenvalue weighted by atomic mass is 10.1. The molecule has 6 nitrogen and oxygen atoms in total. The third-order valence-electron chi connectivity index (χ3n) is 4.93. The monoisotopic (exact) mass is 392 g/mol. The van der Waals surface area contributed by atoms with E-state index in [9.17, 15) is 9.18 Å². The van der Waals surface area contributed by atoms with Crippen LogP contribution in [0.5, 0.6) is 17.2 Å². The number of benzene rings is 2. The molecule has 0 saturated carbocycles. The Morgan fingerprint density at radius 2 is 1.72 bits per heavy atom. The van der Waals surface area contributed by atoms with Crippen molar-refractivity contribution in [3.63, 3.8) is 0 Å². The summed E-state index contributed by atoms with van der Waals surface area (Å²) >= 11 is 0. The Morgan fingerprint density at radius 1 is 0.931 bits per heavy atom. The second-order valence-corrected chi connectivity index (χ2v) is 6.87. The lowest BCUT2D eigenvalue weighted by Crippen LogP contribution is -2.32. The van der Waals surface area contributed by atoms with Gasteiger partial charge in [-0.15, -0.1) is 0 Å². The summed E-state index contributed by atoms with van der Waals surface area (Å²) in [6.07, 6.45) is 0. The topological polar surface area (TPSA) is 60.9 Å². The highest BCUT2D eigenvalue weighted by molar-refractivity contribution is 5.78. The van der Waals surface area contributed by atoms with Gasteiger partial charge in [0.25, 0.3) is 5.91 Å². The number of carbonyl (C=O) groups is 1. The van der Waals surface area contributed by atoms with Gasteiger partial charge in [-0.25, -0.2) is 9.37 Å². The summed E-state index contributed by atoms with van der Waals surface area (Å²) in [6, 6.07) is 15.5. The highest BCUT2D eigenvalue weighted by Gasteiger charge is 2.23. The van der Waals surface area contributed by atoms with Crippen LogP contribution in [0.2, 0.25) is 0 Å². The largest absolute Gasteiger partial charge is 0.482 e. The summed E-state index contributed by atoms with van der Waals surface area (Å²) < 4.78 is 29.6. The molecule has 2 aliphatic heterocycles. The number of hydrogen-bond acceptors (Lipinski definition) is 5. The molecule has 5 rings (SSSR count). The van der Waals surface area contributed by atoms with Gasteiger partial charge in [0, 0.05) is 12.1 Å². The van der Waals surface area contributed by atoms with Crippen molar-refractivity contribution >= 4 is 5.91 Å². The van der Waals surface area contributed by atoms with E-state index < -0.39 is 0 Å². The number of hydrogen-bond donors (Lipinski definition) is 0. The van der Waals surface area contributed by atoms with Crippen molar-refractivity contribution in [1.82, 2.24) is 9.88 Å². The summed E-state index contributed by atoms with van der Waals surface area (Å²) in [5.41, 5.74) is 3.16. The van der Waals surface area contributed by atoms with Crippen molar-refractivity contribution in [2.24, 2.45) is 0 Å². The summed E-state index contributed by atoms with van der Waals surface area (Å²) in [5, 5.41) is 0. The summed E-state index contributed by atoms with van der Waals surface area (Å²) in [6.45, 7) is 0.825. The van der Waals surface area contributed by atoms with Gasteiger partial charge in [-0.05, 0) is 48.0 Å². The van der Waals surface area contributed by atoms with E-state index in [4.69, 9.17) is 19.2 Å². The van der Waals surface area contributed by atoms with Gasteiger partial charge in [0.15, 0.2) is 18.1 Å². The molecule has 0 N–H and O–H groups in total. The van der Waals surface area contributed by atoms with E-state index in [-0.39, 0.29) is 25.1 Å². The Morgan fingerprint density at radius 3 is 2.59 bits per heavy atom. The van der Waals surface area contributed by atoms with E-state index in [2.05, 4.69) is 0 Å². The number of rotatable bonds is 3. The fraction of sp³-hybridized carbons (Fsp3) is 0.182. The fourth-order valence-electron chi connectivity index (χ4n) is 3.40. The number of carbonyl (C=O) groups excluding carboxylic acids is 1. The number of fused-ring (bicyclic) bond motifs is 2. The van der Waals surface area contributed by atoms with Gasteiger partial charge in [-0.2, -0.15) is 0 Å². The summed E-state index contributed by atoms with van der Waals surface area (Å²) in [7, 11) is 0. The van der Waals surface area contributed by atoms with Crippen molar-refractivity contribution < 1.29 is 23.4 Å². The lowest BCUT2D eigenvalue weighted by Gasteiger charge is -2.19. The second kappa shape index (κ2) is 7.09. The van der Waals surface area contributed by atoms with Crippen LogP contribution in [0.3, 0.4) is 0 Å². The third kappa shape index (κ3) is 3.47. The molecule has 1 aromatic heterocycles. The Hall–Kier alpha value is -3.61. The lowest BCUT2D eigenvalue weighted by molar-refractivity contribution is -0.133. The van der Waals surface area contributed by atoms with E-state index in [1.165, 1.54) is 12.1 Å². The predicted octanol–water partition coefficient (Wildman–Crippen LogP) is 3.54. The minimum absolute atomic E-state index is 0.0563. The van der Waals surface area contributed by atoms with E-state index in [1.54, 1.807) is 17.0 Å². The molecule has 0 aliphatic carbocycles. The van der Waals surface area contributed by atoms with Crippen LogP contribution in [0, 0.1) is 5.82 Å². The third-order valence-corrected chi connectivity index (χ3v) is 4.93. The van der Waals surface area contributed by atoms with E-state index >= 15 is 0 Å². The molecule has 0 atom stereocenters. The molecule has 0 saturated heterocycles. The smallest absolute Gasteiger partial charge is 0.261 e. The van der Waals surface area contributed by atoms with Gasteiger partial charge in [0.1, 0.15) is 17.3 Å². The molecule has 0 bridgehead atoms. The molecule has 29 heavy (non-hydrogen) atoms. The van der Waals surface area contributed by atoms with Crippen LogP contribution >= 0.6 is 0 Å². The second-order valence-electron chi connectivity index (χ2n) is 6.87. The van der Waals surface area contributed by atoms with Crippen molar-refractivity contribution in [2.75, 3.05) is 13.4 Å². The van der Waals surface area contributed by atoms with E-state index in [0.29, 0.717) is 36.0 Å². The maximum Gasteiger partial charge on any atom is 0.261 e. The fourth-order valence-corrected chi connectivity index (χ4v) is 3.40. The maximum atomic E-state index is 13.2. The average molecular weight is 392 g/mol. The summed E-state index contributed by atoms with van der Waals surface area (Å²) in [5.74, 6) is 1.53. The molecular formula is C22H17FN2O4. The van der Waals surface area contributed by atoms with Gasteiger partial charge in [-0.3, -0.25) is 4.79 Å². The molecule has 3 heterocycles. The van der Waals surface area contributed by atoms with Crippen molar-refractivity contribution in [1.29, 1.82) is 0 Å². The zero-order chi connectivity index (χ0) is 19.8. The average Bonchev–Trinajstić information content (AvgIpc) is 3.15. The van der Waals surface area contributed by atoms with Crippen LogP contribution in [0.1, 0.15) is 11.3 Å². The maximum absolute atomic E-state index is 13.2. The Bertz CT molecular complexity index is 1080. The molecule has 146 valence electrons. The van der Waals surface area contributed by atoms with Gasteiger partial charge >= 0.3 is 0 Å². The van der Waals surface area contributed by atoms with Gasteiger partial charge in [-0.1, -0.05) is 12.1 Å². The summed E-state index contributed by atoms with van der Waals surface area (Å²) in [4.78, 5) is 18.9. The highest BCUT2D eigenvalue weighted by Crippen LogP contribution is 2.36. The van der Waals surface area contributed by atoms with Crippen LogP contribution in [-0.4, -0.2) is 29.2 Å². The van der Waals surface area contributed by atoms with Gasteiger partial charge in [0.2, 0.25) is 6.79 Å². The Balaban J connectivity index is 1.43. The highest BCUT2D eigenvalue weighted by atomic mass is 19.1. The first-order chi connectivity index (χ1) is 14.2. The van der Waals surface area contributed by atoms with Crippen molar-refractivity contribution in [3.05, 3.63) is 71.7 Å². The number of ether oxygens (including phenoxy) is 3. The molecular weight excluding hydrogens is 375 g/mol. The van der Waals surface area contributed by atoms with Crippen LogP contribution < -0.4 is 14.2 Å². The van der Waals surface area contributed by atoms with Crippen molar-refractivity contribution in [3.8, 4) is 28.5 Å². The van der Waals surface area contributed by atoms with Crippen LogP contribution in [-0.2, 0) is 17.9 Å². The molecule has 0 fully saturated rings. The molecule has 0 spiro atoms. The Labute approximate surface area is 166 Å². The standard InChI is InChI=1S/C22H17FN2O4/c23-16-4-1-14(2-5-16)10-25-11-18-19(27-12-22(25)26)8-6-17(24-18)15-3-7-20-21(9-15)29-13-28-20/h1-9H,10-13H2. The first-order valence-corrected chi connectivity index (χ1v) is 9.21. The van der Waals surface area contributed by atoms with Crippen LogP contribution in [0.15, 0.2) is 54.6 Å². The zero-order valence-electron chi connectivity index (χ0n) is 15.4. The molecule has 0 unspecified atom stereocenters. The minimum atomic E-state index is -0.306. The number of nitrogens with zero attached hydrogens (tertiary/aromatic N) is 2. The number of halogens is 1. The number of amides is 1. The molecule has 3 aromatic rings. The molecule has 1 amide bonds. The van der Waals surface area contributed by atoms with Gasteiger partial charge in [0.05, 0.1) is 12.2 Å². The van der Waals surface area contributed by atoms with E-state index in [0.717, 1.165) is 16.8 Å². The number of aromatic nitrogens is 1. The van der Waals surface area contributed by atoms with Crippen LogP contribution in [0.4, 0.5) is 4.39 Å². The van der Waals surface area contributed by atoms with E-state index in [1.807, 2.05) is 30.3 Å². The quantitative estimate of drug-likeness (QED) is 0.682. The SMILES string of the molecule is O=C1COc2ccc(-c3ccc4c(c3)OCO4)nc2CN1Cc1ccc(F)cc1. The zero-order valence-corrected chi connectivity index (χ0v) is 15.4. The normalized spacial score (nSPS) is 14.9. The van der Waals surface area contributed by atoms with Crippen LogP contribution in [0.25, 0.3) is 11.3 Å². The minimum Gasteiger partial charge on any atom is -0.482 e. The van der Waals surface area contributed by atoms with Gasteiger partial charge < -0.3 is 19.1 Å². The first-order valence-electron chi connectivity index (χ1n) is 9.21. The Kier molecular flexibility index (Phi) is 4.27. The molecule has 2 aliphatic rings.